The van der Waals surface area contributed by atoms with E-state index in [4.69, 9.17) is 14.2 Å². The van der Waals surface area contributed by atoms with Crippen molar-refractivity contribution < 1.29 is 32.1 Å². The van der Waals surface area contributed by atoms with E-state index in [2.05, 4.69) is 4.74 Å². The zero-order chi connectivity index (χ0) is 20.6. The number of ether oxygens (including phenoxy) is 4. The first-order chi connectivity index (χ1) is 13.8. The number of rotatable bonds is 4. The van der Waals surface area contributed by atoms with Gasteiger partial charge in [0.15, 0.2) is 0 Å². The second kappa shape index (κ2) is 7.72. The molecule has 1 aromatic carbocycles. The Morgan fingerprint density at radius 3 is 2.79 bits per heavy atom. The van der Waals surface area contributed by atoms with E-state index < -0.39 is 6.36 Å². The van der Waals surface area contributed by atoms with Gasteiger partial charge in [0.25, 0.3) is 5.56 Å². The van der Waals surface area contributed by atoms with Crippen molar-refractivity contribution in [2.24, 2.45) is 0 Å². The van der Waals surface area contributed by atoms with Crippen LogP contribution >= 0.6 is 0 Å². The molecule has 1 fully saturated rings. The van der Waals surface area contributed by atoms with Gasteiger partial charge in [-0.1, -0.05) is 0 Å². The van der Waals surface area contributed by atoms with Gasteiger partial charge in [0.1, 0.15) is 24.2 Å². The van der Waals surface area contributed by atoms with E-state index in [1.54, 1.807) is 10.6 Å². The molecule has 2 aromatic rings. The number of halogens is 3. The first-order valence-corrected chi connectivity index (χ1v) is 9.27. The third kappa shape index (κ3) is 4.25. The monoisotopic (exact) mass is 411 g/mol. The van der Waals surface area contributed by atoms with Crippen molar-refractivity contribution in [3.8, 4) is 22.8 Å². The molecule has 2 aliphatic rings. The number of benzene rings is 1. The summed E-state index contributed by atoms with van der Waals surface area (Å²) in [5.41, 5.74) is 2.56. The summed E-state index contributed by atoms with van der Waals surface area (Å²) >= 11 is 0. The molecule has 4 rings (SSSR count). The number of aryl methyl sites for hydroxylation is 1. The first kappa shape index (κ1) is 19.8. The Balaban J connectivity index is 1.65. The molecule has 1 aromatic heterocycles. The molecule has 0 N–H and O–H groups in total. The number of nitrogens with zero attached hydrogens (tertiary/aromatic N) is 1. The summed E-state index contributed by atoms with van der Waals surface area (Å²) in [6.45, 7) is 3.91. The van der Waals surface area contributed by atoms with Crippen LogP contribution in [0.3, 0.4) is 0 Å². The molecule has 1 atom stereocenters. The molecule has 0 spiro atoms. The third-order valence-electron chi connectivity index (χ3n) is 5.00. The number of hydrogen-bond donors (Lipinski definition) is 0. The lowest BCUT2D eigenvalue weighted by molar-refractivity contribution is -0.274. The van der Waals surface area contributed by atoms with Crippen LogP contribution in [0.1, 0.15) is 11.1 Å². The van der Waals surface area contributed by atoms with Crippen molar-refractivity contribution in [3.63, 3.8) is 0 Å². The Hall–Kier alpha value is -2.52. The highest BCUT2D eigenvalue weighted by Crippen LogP contribution is 2.37. The molecule has 0 saturated carbocycles. The highest BCUT2D eigenvalue weighted by atomic mass is 19.4. The largest absolute Gasteiger partial charge is 0.573 e. The van der Waals surface area contributed by atoms with Gasteiger partial charge in [0.05, 0.1) is 25.5 Å². The van der Waals surface area contributed by atoms with Crippen LogP contribution in [-0.2, 0) is 22.4 Å². The third-order valence-corrected chi connectivity index (χ3v) is 5.00. The van der Waals surface area contributed by atoms with Gasteiger partial charge in [-0.15, -0.1) is 13.2 Å². The Bertz CT molecular complexity index is 964. The van der Waals surface area contributed by atoms with Crippen LogP contribution in [0.25, 0.3) is 11.3 Å². The van der Waals surface area contributed by atoms with Gasteiger partial charge < -0.3 is 23.5 Å². The minimum Gasteiger partial charge on any atom is -0.490 e. The molecule has 9 heteroatoms. The zero-order valence-corrected chi connectivity index (χ0v) is 15.8. The van der Waals surface area contributed by atoms with Crippen LogP contribution < -0.4 is 15.0 Å². The standard InChI is InChI=1S/C20H20F3NO5/c1-12-17(28-11-15-10-26-6-7-27-15)9-18(25)24-5-4-13-8-14(29-20(21,22)23)2-3-16(13)19(12)24/h2-3,8-9,15H,4-7,10-11H2,1H3. The maximum absolute atomic E-state index is 12.6. The van der Waals surface area contributed by atoms with Crippen LogP contribution in [-0.4, -0.2) is 43.5 Å². The summed E-state index contributed by atoms with van der Waals surface area (Å²) in [5, 5.41) is 0. The van der Waals surface area contributed by atoms with E-state index in [-0.39, 0.29) is 24.0 Å². The quantitative estimate of drug-likeness (QED) is 0.774. The second-order valence-corrected chi connectivity index (χ2v) is 6.97. The van der Waals surface area contributed by atoms with E-state index in [1.165, 1.54) is 18.2 Å². The Labute approximate surface area is 164 Å². The van der Waals surface area contributed by atoms with Gasteiger partial charge in [-0.25, -0.2) is 0 Å². The van der Waals surface area contributed by atoms with E-state index >= 15 is 0 Å². The maximum Gasteiger partial charge on any atom is 0.573 e. The minimum absolute atomic E-state index is 0.212. The van der Waals surface area contributed by atoms with Gasteiger partial charge >= 0.3 is 6.36 Å². The van der Waals surface area contributed by atoms with Crippen LogP contribution in [0.15, 0.2) is 29.1 Å². The molecular weight excluding hydrogens is 391 g/mol. The van der Waals surface area contributed by atoms with Crippen molar-refractivity contribution in [3.05, 3.63) is 45.7 Å². The van der Waals surface area contributed by atoms with E-state index in [0.717, 1.165) is 5.56 Å². The fourth-order valence-electron chi connectivity index (χ4n) is 3.70. The highest BCUT2D eigenvalue weighted by Gasteiger charge is 2.32. The van der Waals surface area contributed by atoms with Crippen molar-refractivity contribution in [1.29, 1.82) is 0 Å². The number of hydrogen-bond acceptors (Lipinski definition) is 5. The van der Waals surface area contributed by atoms with Crippen molar-refractivity contribution in [2.75, 3.05) is 26.4 Å². The molecule has 1 unspecified atom stereocenters. The van der Waals surface area contributed by atoms with Gasteiger partial charge in [-0.3, -0.25) is 4.79 Å². The lowest BCUT2D eigenvalue weighted by atomic mass is 9.94. The first-order valence-electron chi connectivity index (χ1n) is 9.27. The van der Waals surface area contributed by atoms with Gasteiger partial charge in [-0.2, -0.15) is 0 Å². The number of pyridine rings is 1. The minimum atomic E-state index is -4.75. The number of alkyl halides is 3. The molecule has 0 aliphatic carbocycles. The second-order valence-electron chi connectivity index (χ2n) is 6.97. The Morgan fingerprint density at radius 1 is 1.24 bits per heavy atom. The van der Waals surface area contributed by atoms with Gasteiger partial charge in [0.2, 0.25) is 0 Å². The Morgan fingerprint density at radius 2 is 2.07 bits per heavy atom. The zero-order valence-electron chi connectivity index (χ0n) is 15.8. The van der Waals surface area contributed by atoms with Crippen LogP contribution in [0.5, 0.6) is 11.5 Å². The fraction of sp³-hybridized carbons (Fsp3) is 0.450. The Kier molecular flexibility index (Phi) is 5.26. The summed E-state index contributed by atoms with van der Waals surface area (Å²) < 4.78 is 59.9. The lowest BCUT2D eigenvalue weighted by Gasteiger charge is -2.27. The molecule has 0 amide bonds. The predicted octanol–water partition coefficient (Wildman–Crippen LogP) is 3.07. The van der Waals surface area contributed by atoms with E-state index in [9.17, 15) is 18.0 Å². The van der Waals surface area contributed by atoms with E-state index in [1.807, 2.05) is 6.92 Å². The average molecular weight is 411 g/mol. The summed E-state index contributed by atoms with van der Waals surface area (Å²) in [6.07, 6.45) is -4.53. The average Bonchev–Trinajstić information content (AvgIpc) is 2.68. The summed E-state index contributed by atoms with van der Waals surface area (Å²) in [4.78, 5) is 12.6. The highest BCUT2D eigenvalue weighted by molar-refractivity contribution is 5.71. The van der Waals surface area contributed by atoms with E-state index in [0.29, 0.717) is 55.4 Å². The normalized spacial score (nSPS) is 18.7. The SMILES string of the molecule is Cc1c(OCC2COCCO2)cc(=O)n2c1-c1ccc(OC(F)(F)F)cc1CC2. The molecule has 2 aliphatic heterocycles. The van der Waals surface area contributed by atoms with Crippen LogP contribution in [0, 0.1) is 6.92 Å². The lowest BCUT2D eigenvalue weighted by Crippen LogP contribution is -2.34. The van der Waals surface area contributed by atoms with Crippen molar-refractivity contribution >= 4 is 0 Å². The smallest absolute Gasteiger partial charge is 0.490 e. The summed E-state index contributed by atoms with van der Waals surface area (Å²) in [5.74, 6) is 0.158. The molecule has 156 valence electrons. The van der Waals surface area contributed by atoms with Gasteiger partial charge in [0, 0.05) is 23.7 Å². The summed E-state index contributed by atoms with van der Waals surface area (Å²) in [6, 6.07) is 5.62. The molecule has 0 radical (unpaired) electrons. The molecule has 3 heterocycles. The summed E-state index contributed by atoms with van der Waals surface area (Å²) in [7, 11) is 0. The fourth-order valence-corrected chi connectivity index (χ4v) is 3.70. The maximum atomic E-state index is 12.6. The van der Waals surface area contributed by atoms with Crippen LogP contribution in [0.4, 0.5) is 13.2 Å². The van der Waals surface area contributed by atoms with Crippen molar-refractivity contribution in [1.82, 2.24) is 4.57 Å². The predicted molar refractivity (Wildman–Crippen MR) is 97.3 cm³/mol. The number of fused-ring (bicyclic) bond motifs is 3. The van der Waals surface area contributed by atoms with Crippen LogP contribution in [0.2, 0.25) is 0 Å². The molecule has 6 nitrogen and oxygen atoms in total. The molecule has 1 saturated heterocycles. The molecule has 29 heavy (non-hydrogen) atoms. The van der Waals surface area contributed by atoms with Crippen molar-refractivity contribution in [2.45, 2.75) is 32.4 Å². The molecule has 0 bridgehead atoms. The van der Waals surface area contributed by atoms with Gasteiger partial charge in [-0.05, 0) is 37.1 Å². The number of aromatic nitrogens is 1. The molecular formula is C20H20F3NO5. The topological polar surface area (TPSA) is 58.9 Å².